The molecule has 128 valence electrons. The second-order valence-electron chi connectivity index (χ2n) is 7.93. The van der Waals surface area contributed by atoms with Gasteiger partial charge in [-0.05, 0) is 76.1 Å². The third-order valence-corrected chi connectivity index (χ3v) is 6.20. The van der Waals surface area contributed by atoms with E-state index in [4.69, 9.17) is 5.10 Å². The number of likely N-dealkylation sites (tertiary alicyclic amines) is 1. The number of β-amino-alcohol motifs (C(OH)–C–C–N with tert-alkyl or cyclic N) is 1. The van der Waals surface area contributed by atoms with Gasteiger partial charge in [-0.25, -0.2) is 0 Å². The van der Waals surface area contributed by atoms with Crippen LogP contribution in [0.4, 0.5) is 0 Å². The van der Waals surface area contributed by atoms with Crippen LogP contribution in [0.2, 0.25) is 0 Å². The monoisotopic (exact) mass is 327 g/mol. The highest BCUT2D eigenvalue weighted by Crippen LogP contribution is 2.34. The van der Waals surface area contributed by atoms with Gasteiger partial charge in [0.05, 0.1) is 11.3 Å². The summed E-state index contributed by atoms with van der Waals surface area (Å²) in [6.07, 6.45) is 8.69. The molecule has 2 fully saturated rings. The third-order valence-electron chi connectivity index (χ3n) is 6.20. The molecule has 1 N–H and O–H groups in total. The number of fused-ring (bicyclic) bond motifs is 2. The summed E-state index contributed by atoms with van der Waals surface area (Å²) in [6.45, 7) is 2.91. The molecule has 5 rings (SSSR count). The van der Waals surface area contributed by atoms with Gasteiger partial charge in [-0.1, -0.05) is 0 Å². The standard InChI is InChI=1S/C18H25N5O/c24-18(7-2-8-18)12-22-9-5-13(6-10-22)17-20-19-16-11-14-3-1-4-15(14)21-23(16)17/h11,13,24H,1-10,12H2. The molecule has 1 saturated carbocycles. The zero-order valence-electron chi connectivity index (χ0n) is 14.1. The van der Waals surface area contributed by atoms with Crippen LogP contribution in [-0.2, 0) is 12.8 Å². The van der Waals surface area contributed by atoms with E-state index >= 15 is 0 Å². The Hall–Kier alpha value is -1.53. The van der Waals surface area contributed by atoms with E-state index in [0.29, 0.717) is 5.92 Å². The molecule has 6 nitrogen and oxygen atoms in total. The van der Waals surface area contributed by atoms with Gasteiger partial charge < -0.3 is 10.0 Å². The predicted octanol–water partition coefficient (Wildman–Crippen LogP) is 1.71. The van der Waals surface area contributed by atoms with Crippen LogP contribution in [0.25, 0.3) is 5.65 Å². The maximum atomic E-state index is 10.4. The molecule has 0 unspecified atom stereocenters. The van der Waals surface area contributed by atoms with E-state index < -0.39 is 5.60 Å². The van der Waals surface area contributed by atoms with Gasteiger partial charge in [-0.3, -0.25) is 0 Å². The van der Waals surface area contributed by atoms with Crippen molar-refractivity contribution in [3.05, 3.63) is 23.1 Å². The van der Waals surface area contributed by atoms with Crippen LogP contribution < -0.4 is 0 Å². The molecule has 1 saturated heterocycles. The van der Waals surface area contributed by atoms with E-state index in [1.165, 1.54) is 24.1 Å². The summed E-state index contributed by atoms with van der Waals surface area (Å²) in [4.78, 5) is 2.42. The van der Waals surface area contributed by atoms with Crippen molar-refractivity contribution in [1.29, 1.82) is 0 Å². The van der Waals surface area contributed by atoms with E-state index in [0.717, 1.165) is 69.6 Å². The Bertz CT molecular complexity index is 758. The minimum Gasteiger partial charge on any atom is -0.389 e. The SMILES string of the molecule is OC1(CN2CCC(c3nnc4cc5c(nn34)CCC5)CC2)CCC1. The molecule has 0 radical (unpaired) electrons. The lowest BCUT2D eigenvalue weighted by Crippen LogP contribution is -2.49. The molecule has 0 aromatic carbocycles. The molecule has 0 spiro atoms. The predicted molar refractivity (Wildman–Crippen MR) is 90.0 cm³/mol. The topological polar surface area (TPSA) is 66.5 Å². The van der Waals surface area contributed by atoms with Crippen molar-refractivity contribution in [2.45, 2.75) is 62.9 Å². The summed E-state index contributed by atoms with van der Waals surface area (Å²) in [6, 6.07) is 2.17. The van der Waals surface area contributed by atoms with Crippen LogP contribution in [0, 0.1) is 0 Å². The van der Waals surface area contributed by atoms with Gasteiger partial charge in [0.15, 0.2) is 11.5 Å². The van der Waals surface area contributed by atoms with E-state index in [1.807, 2.05) is 4.52 Å². The van der Waals surface area contributed by atoms with Gasteiger partial charge in [0, 0.05) is 12.5 Å². The lowest BCUT2D eigenvalue weighted by molar-refractivity contribution is -0.0623. The van der Waals surface area contributed by atoms with Crippen molar-refractivity contribution < 1.29 is 5.11 Å². The van der Waals surface area contributed by atoms with Crippen LogP contribution >= 0.6 is 0 Å². The smallest absolute Gasteiger partial charge is 0.178 e. The quantitative estimate of drug-likeness (QED) is 0.929. The van der Waals surface area contributed by atoms with Crippen LogP contribution in [0.5, 0.6) is 0 Å². The molecule has 3 aliphatic rings. The molecular weight excluding hydrogens is 302 g/mol. The first-order valence-electron chi connectivity index (χ1n) is 9.39. The van der Waals surface area contributed by atoms with Crippen molar-refractivity contribution in [2.24, 2.45) is 0 Å². The fourth-order valence-electron chi connectivity index (χ4n) is 4.56. The molecule has 2 aliphatic carbocycles. The third kappa shape index (κ3) is 2.43. The molecule has 0 bridgehead atoms. The molecular formula is C18H25N5O. The summed E-state index contributed by atoms with van der Waals surface area (Å²) in [5, 5.41) is 24.0. The van der Waals surface area contributed by atoms with Gasteiger partial charge in [0.25, 0.3) is 0 Å². The first-order chi connectivity index (χ1) is 11.7. The highest BCUT2D eigenvalue weighted by atomic mass is 16.3. The van der Waals surface area contributed by atoms with Gasteiger partial charge in [-0.2, -0.15) is 9.61 Å². The summed E-state index contributed by atoms with van der Waals surface area (Å²) in [5.74, 6) is 1.46. The summed E-state index contributed by atoms with van der Waals surface area (Å²) < 4.78 is 1.99. The first-order valence-corrected chi connectivity index (χ1v) is 9.39. The number of aryl methyl sites for hydroxylation is 2. The van der Waals surface area contributed by atoms with Crippen LogP contribution in [0.1, 0.15) is 61.5 Å². The van der Waals surface area contributed by atoms with Crippen molar-refractivity contribution in [3.63, 3.8) is 0 Å². The maximum Gasteiger partial charge on any atom is 0.178 e. The van der Waals surface area contributed by atoms with E-state index in [9.17, 15) is 5.11 Å². The summed E-state index contributed by atoms with van der Waals surface area (Å²) >= 11 is 0. The fraction of sp³-hybridized carbons (Fsp3) is 0.722. The largest absolute Gasteiger partial charge is 0.389 e. The Morgan fingerprint density at radius 2 is 1.96 bits per heavy atom. The Labute approximate surface area is 141 Å². The molecule has 0 atom stereocenters. The lowest BCUT2D eigenvalue weighted by Gasteiger charge is -2.42. The van der Waals surface area contributed by atoms with E-state index in [1.54, 1.807) is 0 Å². The van der Waals surface area contributed by atoms with Gasteiger partial charge in [-0.15, -0.1) is 10.2 Å². The molecule has 24 heavy (non-hydrogen) atoms. The maximum absolute atomic E-state index is 10.4. The summed E-state index contributed by atoms with van der Waals surface area (Å²) in [7, 11) is 0. The van der Waals surface area contributed by atoms with Gasteiger partial charge in [0.2, 0.25) is 0 Å². The molecule has 0 amide bonds. The van der Waals surface area contributed by atoms with Gasteiger partial charge in [0.1, 0.15) is 0 Å². The number of aliphatic hydroxyl groups is 1. The number of aromatic nitrogens is 4. The van der Waals surface area contributed by atoms with E-state index in [-0.39, 0.29) is 0 Å². The zero-order chi connectivity index (χ0) is 16.1. The minimum atomic E-state index is -0.406. The second-order valence-corrected chi connectivity index (χ2v) is 7.93. The molecule has 1 aliphatic heterocycles. The highest BCUT2D eigenvalue weighted by Gasteiger charge is 2.37. The number of rotatable bonds is 3. The van der Waals surface area contributed by atoms with Gasteiger partial charge >= 0.3 is 0 Å². The van der Waals surface area contributed by atoms with Crippen LogP contribution in [0.3, 0.4) is 0 Å². The normalized spacial score (nSPS) is 24.2. The van der Waals surface area contributed by atoms with Crippen LogP contribution in [-0.4, -0.2) is 55.1 Å². The Balaban J connectivity index is 1.32. The van der Waals surface area contributed by atoms with Crippen molar-refractivity contribution in [3.8, 4) is 0 Å². The number of nitrogens with zero attached hydrogens (tertiary/aromatic N) is 5. The van der Waals surface area contributed by atoms with Crippen molar-refractivity contribution >= 4 is 5.65 Å². The number of piperidine rings is 1. The second kappa shape index (κ2) is 5.49. The zero-order valence-corrected chi connectivity index (χ0v) is 14.1. The molecule has 2 aromatic heterocycles. The van der Waals surface area contributed by atoms with E-state index in [2.05, 4.69) is 21.2 Å². The van der Waals surface area contributed by atoms with Crippen LogP contribution in [0.15, 0.2) is 6.07 Å². The Morgan fingerprint density at radius 3 is 2.71 bits per heavy atom. The molecule has 3 heterocycles. The molecule has 2 aromatic rings. The first kappa shape index (κ1) is 14.8. The minimum absolute atomic E-state index is 0.406. The highest BCUT2D eigenvalue weighted by molar-refractivity contribution is 5.43. The average molecular weight is 327 g/mol. The Kier molecular flexibility index (Phi) is 3.38. The summed E-state index contributed by atoms with van der Waals surface area (Å²) in [5.41, 5.74) is 3.08. The van der Waals surface area contributed by atoms with Crippen molar-refractivity contribution in [1.82, 2.24) is 24.7 Å². The lowest BCUT2D eigenvalue weighted by atomic mass is 9.79. The average Bonchev–Trinajstić information content (AvgIpc) is 3.18. The van der Waals surface area contributed by atoms with Crippen molar-refractivity contribution in [2.75, 3.05) is 19.6 Å². The fourth-order valence-corrected chi connectivity index (χ4v) is 4.56. The number of hydrogen-bond acceptors (Lipinski definition) is 5. The Morgan fingerprint density at radius 1 is 1.12 bits per heavy atom. The molecule has 6 heteroatoms. The number of hydrogen-bond donors (Lipinski definition) is 1.